The summed E-state index contributed by atoms with van der Waals surface area (Å²) in [4.78, 5) is 12.2. The molecule has 3 N–H and O–H groups in total. The maximum absolute atomic E-state index is 13.9. The minimum atomic E-state index is -0.433. The molecule has 1 amide bonds. The number of nitrogens with one attached hydrogen (secondary N) is 1. The third-order valence-electron chi connectivity index (χ3n) is 3.79. The molecule has 1 aromatic heterocycles. The van der Waals surface area contributed by atoms with E-state index in [-0.39, 0.29) is 29.1 Å². The fraction of sp³-hybridized carbons (Fsp3) is 0.167. The Morgan fingerprint density at radius 2 is 1.88 bits per heavy atom. The minimum absolute atomic E-state index is 0.103. The fourth-order valence-electron chi connectivity index (χ4n) is 2.44. The molecule has 0 radical (unpaired) electrons. The number of nitrogens with zero attached hydrogens (tertiary/aromatic N) is 3. The van der Waals surface area contributed by atoms with E-state index in [1.54, 1.807) is 18.2 Å². The summed E-state index contributed by atoms with van der Waals surface area (Å²) in [6, 6.07) is 15.8. The van der Waals surface area contributed by atoms with E-state index in [0.29, 0.717) is 5.16 Å². The molecule has 0 fully saturated rings. The van der Waals surface area contributed by atoms with Gasteiger partial charge in [0.2, 0.25) is 11.1 Å². The summed E-state index contributed by atoms with van der Waals surface area (Å²) in [5.74, 6) is 5.71. The van der Waals surface area contributed by atoms with Gasteiger partial charge < -0.3 is 11.2 Å². The number of hydrogen-bond acceptors (Lipinski definition) is 5. The summed E-state index contributed by atoms with van der Waals surface area (Å²) < 4.78 is 15.1. The Labute approximate surface area is 154 Å². The van der Waals surface area contributed by atoms with E-state index >= 15 is 0 Å². The molecule has 0 aliphatic carbocycles. The molecule has 26 heavy (non-hydrogen) atoms. The van der Waals surface area contributed by atoms with Crippen LogP contribution < -0.4 is 11.2 Å². The Kier molecular flexibility index (Phi) is 5.52. The Morgan fingerprint density at radius 1 is 1.19 bits per heavy atom. The first kappa shape index (κ1) is 17.9. The molecule has 134 valence electrons. The Bertz CT molecular complexity index is 900. The standard InChI is InChI=1S/C18H18FN5OS/c1-12(13-7-3-2-4-8-13)21-16(25)11-26-18-23-22-17(24(18)20)14-9-5-6-10-15(14)19/h2-10,12H,11,20H2,1H3,(H,21,25)/t12-/m0/s1. The van der Waals surface area contributed by atoms with Crippen LogP contribution in [0.3, 0.4) is 0 Å². The van der Waals surface area contributed by atoms with E-state index in [4.69, 9.17) is 5.84 Å². The van der Waals surface area contributed by atoms with Crippen LogP contribution in [0.2, 0.25) is 0 Å². The van der Waals surface area contributed by atoms with Crippen LogP contribution in [0.5, 0.6) is 0 Å². The zero-order chi connectivity index (χ0) is 18.5. The predicted octanol–water partition coefficient (Wildman–Crippen LogP) is 2.77. The number of benzene rings is 2. The molecule has 0 bridgehead atoms. The van der Waals surface area contributed by atoms with Crippen LogP contribution in [0.15, 0.2) is 59.8 Å². The molecule has 1 heterocycles. The number of rotatable bonds is 6. The van der Waals surface area contributed by atoms with Crippen molar-refractivity contribution in [2.75, 3.05) is 11.6 Å². The van der Waals surface area contributed by atoms with E-state index in [2.05, 4.69) is 15.5 Å². The van der Waals surface area contributed by atoms with Crippen molar-refractivity contribution in [3.63, 3.8) is 0 Å². The third kappa shape index (κ3) is 4.02. The van der Waals surface area contributed by atoms with Gasteiger partial charge >= 0.3 is 0 Å². The molecule has 6 nitrogen and oxygen atoms in total. The number of amides is 1. The molecule has 0 unspecified atom stereocenters. The van der Waals surface area contributed by atoms with E-state index in [0.717, 1.165) is 17.3 Å². The summed E-state index contributed by atoms with van der Waals surface area (Å²) in [6.45, 7) is 1.92. The zero-order valence-electron chi connectivity index (χ0n) is 14.1. The molecule has 0 saturated heterocycles. The van der Waals surface area contributed by atoms with Crippen LogP contribution in [-0.4, -0.2) is 26.5 Å². The van der Waals surface area contributed by atoms with E-state index in [1.165, 1.54) is 10.7 Å². The van der Waals surface area contributed by atoms with Gasteiger partial charge in [-0.05, 0) is 24.6 Å². The van der Waals surface area contributed by atoms with Gasteiger partial charge in [0.05, 0.1) is 17.4 Å². The average molecular weight is 371 g/mol. The maximum Gasteiger partial charge on any atom is 0.230 e. The summed E-state index contributed by atoms with van der Waals surface area (Å²) in [5, 5.41) is 11.1. The Balaban J connectivity index is 1.62. The number of nitrogen functional groups attached to an aromatic ring is 1. The average Bonchev–Trinajstić information content (AvgIpc) is 3.01. The van der Waals surface area contributed by atoms with E-state index in [1.807, 2.05) is 37.3 Å². The fourth-order valence-corrected chi connectivity index (χ4v) is 3.11. The second kappa shape index (κ2) is 8.01. The van der Waals surface area contributed by atoms with Gasteiger partial charge in [-0.15, -0.1) is 10.2 Å². The maximum atomic E-state index is 13.9. The van der Waals surface area contributed by atoms with Gasteiger partial charge in [-0.1, -0.05) is 54.2 Å². The van der Waals surface area contributed by atoms with Crippen LogP contribution in [0, 0.1) is 5.82 Å². The second-order valence-electron chi connectivity index (χ2n) is 5.64. The zero-order valence-corrected chi connectivity index (χ0v) is 14.9. The van der Waals surface area contributed by atoms with Crippen molar-refractivity contribution < 1.29 is 9.18 Å². The summed E-state index contributed by atoms with van der Waals surface area (Å²) in [5.41, 5.74) is 1.28. The van der Waals surface area contributed by atoms with Crippen LogP contribution in [0.1, 0.15) is 18.5 Å². The van der Waals surface area contributed by atoms with Crippen molar-refractivity contribution in [3.05, 3.63) is 66.0 Å². The molecule has 0 aliphatic rings. The molecule has 1 atom stereocenters. The van der Waals surface area contributed by atoms with Crippen molar-refractivity contribution in [1.82, 2.24) is 20.2 Å². The van der Waals surface area contributed by atoms with Crippen molar-refractivity contribution in [2.24, 2.45) is 0 Å². The van der Waals surface area contributed by atoms with Crippen LogP contribution in [0.25, 0.3) is 11.4 Å². The van der Waals surface area contributed by atoms with Gasteiger partial charge in [0.15, 0.2) is 5.82 Å². The SMILES string of the molecule is C[C@H](NC(=O)CSc1nnc(-c2ccccc2F)n1N)c1ccccc1. The third-order valence-corrected chi connectivity index (χ3v) is 4.73. The highest BCUT2D eigenvalue weighted by molar-refractivity contribution is 7.99. The number of aromatic nitrogens is 3. The highest BCUT2D eigenvalue weighted by atomic mass is 32.2. The Hall–Kier alpha value is -2.87. The number of halogens is 1. The molecule has 0 spiro atoms. The molecule has 0 aliphatic heterocycles. The van der Waals surface area contributed by atoms with Gasteiger partial charge in [0.1, 0.15) is 5.82 Å². The Morgan fingerprint density at radius 3 is 2.62 bits per heavy atom. The number of hydrogen-bond donors (Lipinski definition) is 2. The van der Waals surface area contributed by atoms with Gasteiger partial charge in [-0.2, -0.15) is 0 Å². The summed E-state index contributed by atoms with van der Waals surface area (Å²) in [7, 11) is 0. The molecule has 3 rings (SSSR count). The highest BCUT2D eigenvalue weighted by Crippen LogP contribution is 2.23. The largest absolute Gasteiger partial charge is 0.349 e. The lowest BCUT2D eigenvalue weighted by Gasteiger charge is -2.13. The summed E-state index contributed by atoms with van der Waals surface area (Å²) in [6.07, 6.45) is 0. The number of nitrogens with two attached hydrogens (primary N) is 1. The van der Waals surface area contributed by atoms with Gasteiger partial charge in [-0.25, -0.2) is 9.07 Å². The molecule has 3 aromatic rings. The van der Waals surface area contributed by atoms with Crippen molar-refractivity contribution in [1.29, 1.82) is 0 Å². The first-order chi connectivity index (χ1) is 12.6. The normalized spacial score (nSPS) is 11.9. The topological polar surface area (TPSA) is 85.8 Å². The van der Waals surface area contributed by atoms with Crippen LogP contribution >= 0.6 is 11.8 Å². The minimum Gasteiger partial charge on any atom is -0.349 e. The number of carbonyl (C=O) groups is 1. The smallest absolute Gasteiger partial charge is 0.230 e. The molecular weight excluding hydrogens is 353 g/mol. The number of carbonyl (C=O) groups excluding carboxylic acids is 1. The first-order valence-electron chi connectivity index (χ1n) is 7.98. The van der Waals surface area contributed by atoms with Gasteiger partial charge in [0.25, 0.3) is 0 Å². The van der Waals surface area contributed by atoms with Gasteiger partial charge in [-0.3, -0.25) is 4.79 Å². The van der Waals surface area contributed by atoms with E-state index < -0.39 is 5.82 Å². The predicted molar refractivity (Wildman–Crippen MR) is 99.3 cm³/mol. The lowest BCUT2D eigenvalue weighted by atomic mass is 10.1. The lowest BCUT2D eigenvalue weighted by Crippen LogP contribution is -2.28. The highest BCUT2D eigenvalue weighted by Gasteiger charge is 2.17. The van der Waals surface area contributed by atoms with Crippen LogP contribution in [-0.2, 0) is 4.79 Å². The van der Waals surface area contributed by atoms with Crippen molar-refractivity contribution >= 4 is 17.7 Å². The monoisotopic (exact) mass is 371 g/mol. The molecule has 0 saturated carbocycles. The van der Waals surface area contributed by atoms with Crippen molar-refractivity contribution in [3.8, 4) is 11.4 Å². The first-order valence-corrected chi connectivity index (χ1v) is 8.97. The molecule has 2 aromatic carbocycles. The quantitative estimate of drug-likeness (QED) is 0.514. The molecule has 8 heteroatoms. The lowest BCUT2D eigenvalue weighted by molar-refractivity contribution is -0.119. The second-order valence-corrected chi connectivity index (χ2v) is 6.59. The number of thioether (sulfide) groups is 1. The van der Waals surface area contributed by atoms with E-state index in [9.17, 15) is 9.18 Å². The van der Waals surface area contributed by atoms with Crippen LogP contribution in [0.4, 0.5) is 4.39 Å². The van der Waals surface area contributed by atoms with Crippen molar-refractivity contribution in [2.45, 2.75) is 18.1 Å². The summed E-state index contributed by atoms with van der Waals surface area (Å²) >= 11 is 1.14. The molecular formula is C18H18FN5OS. The van der Waals surface area contributed by atoms with Gasteiger partial charge in [0, 0.05) is 0 Å².